The minimum atomic E-state index is -3.02. The van der Waals surface area contributed by atoms with E-state index in [-0.39, 0.29) is 29.4 Å². The van der Waals surface area contributed by atoms with Crippen LogP contribution in [-0.2, 0) is 21.1 Å². The van der Waals surface area contributed by atoms with E-state index >= 15 is 0 Å². The van der Waals surface area contributed by atoms with E-state index in [2.05, 4.69) is 0 Å². The predicted molar refractivity (Wildman–Crippen MR) is 78.5 cm³/mol. The van der Waals surface area contributed by atoms with E-state index in [9.17, 15) is 13.2 Å². The molecule has 2 atom stereocenters. The fourth-order valence-corrected chi connectivity index (χ4v) is 4.94. The number of fused-ring (bicyclic) bond motifs is 1. The van der Waals surface area contributed by atoms with Crippen LogP contribution in [0.2, 0.25) is 0 Å². The van der Waals surface area contributed by atoms with Crippen molar-refractivity contribution in [2.24, 2.45) is 5.92 Å². The van der Waals surface area contributed by atoms with Crippen molar-refractivity contribution in [3.63, 3.8) is 0 Å². The van der Waals surface area contributed by atoms with Crippen LogP contribution in [0.15, 0.2) is 24.3 Å². The molecule has 1 aromatic carbocycles. The molecule has 0 aromatic heterocycles. The van der Waals surface area contributed by atoms with E-state index in [1.54, 1.807) is 0 Å². The highest BCUT2D eigenvalue weighted by molar-refractivity contribution is 7.91. The van der Waals surface area contributed by atoms with Gasteiger partial charge in [-0.3, -0.25) is 4.79 Å². The van der Waals surface area contributed by atoms with Crippen molar-refractivity contribution >= 4 is 21.4 Å². The summed E-state index contributed by atoms with van der Waals surface area (Å²) in [6, 6.07) is 8.07. The number of carbonyl (C=O) groups excluding carboxylic acids is 1. The van der Waals surface area contributed by atoms with Gasteiger partial charge >= 0.3 is 0 Å². The average Bonchev–Trinajstić information content (AvgIpc) is 2.78. The Kier molecular flexibility index (Phi) is 3.32. The Hall–Kier alpha value is -1.36. The summed E-state index contributed by atoms with van der Waals surface area (Å²) < 4.78 is 23.2. The summed E-state index contributed by atoms with van der Waals surface area (Å²) in [6.45, 7) is 2.04. The number of hydrogen-bond donors (Lipinski definition) is 0. The average molecular weight is 293 g/mol. The minimum absolute atomic E-state index is 0.0111. The van der Waals surface area contributed by atoms with Gasteiger partial charge in [0.25, 0.3) is 0 Å². The Morgan fingerprint density at radius 1 is 1.25 bits per heavy atom. The molecule has 0 unspecified atom stereocenters. The van der Waals surface area contributed by atoms with Crippen LogP contribution in [0.4, 0.5) is 5.69 Å². The second kappa shape index (κ2) is 4.88. The number of rotatable bonds is 1. The van der Waals surface area contributed by atoms with Gasteiger partial charge < -0.3 is 4.90 Å². The molecule has 108 valence electrons. The molecule has 4 nitrogen and oxygen atoms in total. The second-order valence-corrected chi connectivity index (χ2v) is 8.05. The summed E-state index contributed by atoms with van der Waals surface area (Å²) in [7, 11) is -3.02. The highest BCUT2D eigenvalue weighted by Gasteiger charge is 2.38. The van der Waals surface area contributed by atoms with E-state index < -0.39 is 9.84 Å². The number of aryl methyl sites for hydroxylation is 1. The third-order valence-corrected chi connectivity index (χ3v) is 6.11. The quantitative estimate of drug-likeness (QED) is 0.793. The van der Waals surface area contributed by atoms with Gasteiger partial charge in [-0.1, -0.05) is 18.2 Å². The molecule has 0 N–H and O–H groups in total. The van der Waals surface area contributed by atoms with Gasteiger partial charge in [0, 0.05) is 11.7 Å². The Balaban J connectivity index is 1.91. The molecule has 0 spiro atoms. The summed E-state index contributed by atoms with van der Waals surface area (Å²) in [6.07, 6.45) is 2.37. The number of anilines is 1. The summed E-state index contributed by atoms with van der Waals surface area (Å²) >= 11 is 0. The van der Waals surface area contributed by atoms with Crippen LogP contribution in [-0.4, -0.2) is 31.9 Å². The number of sulfone groups is 1. The molecule has 2 aliphatic heterocycles. The molecule has 1 fully saturated rings. The fourth-order valence-electron chi connectivity index (χ4n) is 3.21. The van der Waals surface area contributed by atoms with Gasteiger partial charge in [-0.25, -0.2) is 8.42 Å². The largest absolute Gasteiger partial charge is 0.309 e. The summed E-state index contributed by atoms with van der Waals surface area (Å²) in [5.41, 5.74) is 2.14. The van der Waals surface area contributed by atoms with E-state index in [0.29, 0.717) is 6.42 Å². The molecule has 20 heavy (non-hydrogen) atoms. The first-order chi connectivity index (χ1) is 9.48. The standard InChI is InChI=1S/C15H19NO3S/c1-11-6-7-12-4-2-3-5-14(12)16(11)15(17)13-8-9-20(18,19)10-13/h2-5,11,13H,6-10H2,1H3/t11-,13+/m1/s1. The van der Waals surface area contributed by atoms with Crippen LogP contribution < -0.4 is 4.90 Å². The predicted octanol–water partition coefficient (Wildman–Crippen LogP) is 1.79. The number of hydrogen-bond acceptors (Lipinski definition) is 3. The smallest absolute Gasteiger partial charge is 0.231 e. The first-order valence-corrected chi connectivity index (χ1v) is 8.91. The number of benzene rings is 1. The third kappa shape index (κ3) is 2.35. The summed E-state index contributed by atoms with van der Waals surface area (Å²) in [5, 5.41) is 0. The number of carbonyl (C=O) groups is 1. The molecular weight excluding hydrogens is 274 g/mol. The van der Waals surface area contributed by atoms with E-state index in [0.717, 1.165) is 18.5 Å². The van der Waals surface area contributed by atoms with Gasteiger partial charge in [0.15, 0.2) is 9.84 Å². The van der Waals surface area contributed by atoms with E-state index in [1.165, 1.54) is 5.56 Å². The monoisotopic (exact) mass is 293 g/mol. The SMILES string of the molecule is C[C@@H]1CCc2ccccc2N1C(=O)[C@H]1CCS(=O)(=O)C1. The van der Waals surface area contributed by atoms with E-state index in [4.69, 9.17) is 0 Å². The fraction of sp³-hybridized carbons (Fsp3) is 0.533. The summed E-state index contributed by atoms with van der Waals surface area (Å²) in [5.74, 6) is -0.232. The number of amides is 1. The molecule has 3 rings (SSSR count). The lowest BCUT2D eigenvalue weighted by Crippen LogP contribution is -2.45. The zero-order chi connectivity index (χ0) is 14.3. The first kappa shape index (κ1) is 13.6. The molecule has 2 heterocycles. The molecular formula is C15H19NO3S. The third-order valence-electron chi connectivity index (χ3n) is 4.34. The highest BCUT2D eigenvalue weighted by atomic mass is 32.2. The topological polar surface area (TPSA) is 54.5 Å². The minimum Gasteiger partial charge on any atom is -0.309 e. The second-order valence-electron chi connectivity index (χ2n) is 5.82. The maximum Gasteiger partial charge on any atom is 0.231 e. The number of nitrogens with zero attached hydrogens (tertiary/aromatic N) is 1. The molecule has 1 saturated heterocycles. The van der Waals surface area contributed by atoms with Crippen LogP contribution in [0.5, 0.6) is 0 Å². The Labute approximate surface area is 119 Å². The van der Waals surface area contributed by atoms with Gasteiger partial charge in [-0.05, 0) is 37.8 Å². The number of para-hydroxylation sites is 1. The maximum absolute atomic E-state index is 12.7. The Bertz CT molecular complexity index is 638. The van der Waals surface area contributed by atoms with Crippen molar-refractivity contribution < 1.29 is 13.2 Å². The van der Waals surface area contributed by atoms with Crippen molar-refractivity contribution in [1.82, 2.24) is 0 Å². The highest BCUT2D eigenvalue weighted by Crippen LogP contribution is 2.33. The molecule has 5 heteroatoms. The maximum atomic E-state index is 12.7. The normalized spacial score (nSPS) is 28.1. The molecule has 0 bridgehead atoms. The van der Waals surface area contributed by atoms with Crippen LogP contribution in [0.3, 0.4) is 0 Å². The van der Waals surface area contributed by atoms with Gasteiger partial charge in [0.05, 0.1) is 17.4 Å². The summed E-state index contributed by atoms with van der Waals surface area (Å²) in [4.78, 5) is 14.5. The van der Waals surface area contributed by atoms with Crippen molar-refractivity contribution in [2.75, 3.05) is 16.4 Å². The molecule has 1 aromatic rings. The van der Waals surface area contributed by atoms with Gasteiger partial charge in [-0.2, -0.15) is 0 Å². The van der Waals surface area contributed by atoms with Crippen LogP contribution in [0.1, 0.15) is 25.3 Å². The van der Waals surface area contributed by atoms with Gasteiger partial charge in [0.1, 0.15) is 0 Å². The van der Waals surface area contributed by atoms with Crippen LogP contribution in [0, 0.1) is 5.92 Å². The van der Waals surface area contributed by atoms with Gasteiger partial charge in [-0.15, -0.1) is 0 Å². The lowest BCUT2D eigenvalue weighted by Gasteiger charge is -2.36. The molecule has 0 saturated carbocycles. The van der Waals surface area contributed by atoms with E-state index in [1.807, 2.05) is 36.1 Å². The zero-order valence-electron chi connectivity index (χ0n) is 11.6. The Morgan fingerprint density at radius 3 is 2.70 bits per heavy atom. The van der Waals surface area contributed by atoms with Crippen molar-refractivity contribution in [3.05, 3.63) is 29.8 Å². The molecule has 0 aliphatic carbocycles. The van der Waals surface area contributed by atoms with Crippen molar-refractivity contribution in [3.8, 4) is 0 Å². The zero-order valence-corrected chi connectivity index (χ0v) is 12.4. The van der Waals surface area contributed by atoms with Crippen molar-refractivity contribution in [1.29, 1.82) is 0 Å². The molecule has 1 amide bonds. The van der Waals surface area contributed by atoms with Gasteiger partial charge in [0.2, 0.25) is 5.91 Å². The van der Waals surface area contributed by atoms with Crippen LogP contribution in [0.25, 0.3) is 0 Å². The molecule has 2 aliphatic rings. The van der Waals surface area contributed by atoms with Crippen LogP contribution >= 0.6 is 0 Å². The molecule has 0 radical (unpaired) electrons. The van der Waals surface area contributed by atoms with Crippen molar-refractivity contribution in [2.45, 2.75) is 32.2 Å². The first-order valence-electron chi connectivity index (χ1n) is 7.09. The lowest BCUT2D eigenvalue weighted by atomic mass is 9.94. The lowest BCUT2D eigenvalue weighted by molar-refractivity contribution is -0.122. The Morgan fingerprint density at radius 2 is 2.00 bits per heavy atom.